The first-order chi connectivity index (χ1) is 9.97. The quantitative estimate of drug-likeness (QED) is 0.891. The number of piperazine rings is 1. The van der Waals surface area contributed by atoms with Crippen molar-refractivity contribution in [2.45, 2.75) is 13.0 Å². The number of amides is 1. The van der Waals surface area contributed by atoms with Gasteiger partial charge in [-0.05, 0) is 26.1 Å². The zero-order valence-corrected chi connectivity index (χ0v) is 14.0. The van der Waals surface area contributed by atoms with Crippen molar-refractivity contribution in [3.63, 3.8) is 0 Å². The highest BCUT2D eigenvalue weighted by atomic mass is 79.9. The molecular weight excluding hydrogens is 336 g/mol. The minimum Gasteiger partial charge on any atom is -0.483 e. The molecule has 1 fully saturated rings. The van der Waals surface area contributed by atoms with Gasteiger partial charge in [0.05, 0.1) is 6.10 Å². The minimum absolute atomic E-state index is 0.000111. The lowest BCUT2D eigenvalue weighted by Crippen LogP contribution is -2.48. The van der Waals surface area contributed by atoms with Gasteiger partial charge in [0.2, 0.25) is 0 Å². The molecule has 1 N–H and O–H groups in total. The molecule has 0 spiro atoms. The first-order valence-electron chi connectivity index (χ1n) is 7.04. The summed E-state index contributed by atoms with van der Waals surface area (Å²) >= 11 is 3.37. The van der Waals surface area contributed by atoms with Gasteiger partial charge in [-0.25, -0.2) is 0 Å². The van der Waals surface area contributed by atoms with Gasteiger partial charge in [-0.15, -0.1) is 0 Å². The number of halogens is 1. The molecule has 1 saturated heterocycles. The fourth-order valence-corrected chi connectivity index (χ4v) is 2.61. The van der Waals surface area contributed by atoms with Crippen molar-refractivity contribution in [3.05, 3.63) is 28.2 Å². The Morgan fingerprint density at radius 2 is 2.05 bits per heavy atom. The van der Waals surface area contributed by atoms with E-state index in [0.717, 1.165) is 30.7 Å². The monoisotopic (exact) mass is 356 g/mol. The zero-order valence-electron chi connectivity index (χ0n) is 12.4. The van der Waals surface area contributed by atoms with Crippen LogP contribution >= 0.6 is 15.9 Å². The van der Waals surface area contributed by atoms with Crippen molar-refractivity contribution < 1.29 is 14.6 Å². The molecule has 0 unspecified atom stereocenters. The Morgan fingerprint density at radius 1 is 1.38 bits per heavy atom. The largest absolute Gasteiger partial charge is 0.483 e. The third-order valence-corrected chi connectivity index (χ3v) is 4.13. The van der Waals surface area contributed by atoms with Gasteiger partial charge < -0.3 is 19.6 Å². The highest BCUT2D eigenvalue weighted by molar-refractivity contribution is 9.10. The van der Waals surface area contributed by atoms with E-state index < -0.39 is 6.10 Å². The molecule has 1 aromatic carbocycles. The molecule has 21 heavy (non-hydrogen) atoms. The first-order valence-corrected chi connectivity index (χ1v) is 7.83. The van der Waals surface area contributed by atoms with Crippen LogP contribution in [0.4, 0.5) is 0 Å². The predicted octanol–water partition coefficient (Wildman–Crippen LogP) is 1.66. The van der Waals surface area contributed by atoms with E-state index >= 15 is 0 Å². The van der Waals surface area contributed by atoms with E-state index in [1.54, 1.807) is 19.1 Å². The summed E-state index contributed by atoms with van der Waals surface area (Å²) in [5.74, 6) is 0.529. The third-order valence-electron chi connectivity index (χ3n) is 3.63. The summed E-state index contributed by atoms with van der Waals surface area (Å²) in [5, 5.41) is 9.74. The molecule has 6 heteroatoms. The fourth-order valence-electron chi connectivity index (χ4n) is 2.26. The maximum Gasteiger partial charge on any atom is 0.260 e. The maximum absolute atomic E-state index is 12.2. The van der Waals surface area contributed by atoms with Crippen LogP contribution < -0.4 is 4.74 Å². The second kappa shape index (κ2) is 7.24. The van der Waals surface area contributed by atoms with Crippen LogP contribution in [0.5, 0.6) is 5.75 Å². The summed E-state index contributed by atoms with van der Waals surface area (Å²) in [7, 11) is 2.05. The van der Waals surface area contributed by atoms with Gasteiger partial charge in [-0.3, -0.25) is 4.79 Å². The molecule has 2 rings (SSSR count). The Bertz CT molecular complexity index is 500. The van der Waals surface area contributed by atoms with Crippen LogP contribution in [0.2, 0.25) is 0 Å². The van der Waals surface area contributed by atoms with Crippen molar-refractivity contribution >= 4 is 21.8 Å². The number of hydrogen-bond acceptors (Lipinski definition) is 4. The molecule has 0 bridgehead atoms. The SMILES string of the molecule is C[C@@H](O)c1ccc(Br)cc1OCC(=O)N1CCN(C)CC1. The molecule has 1 aromatic rings. The van der Waals surface area contributed by atoms with E-state index in [4.69, 9.17) is 4.74 Å². The van der Waals surface area contributed by atoms with Crippen molar-refractivity contribution in [2.24, 2.45) is 0 Å². The molecule has 1 aliphatic heterocycles. The molecule has 1 heterocycles. The molecule has 5 nitrogen and oxygen atoms in total. The van der Waals surface area contributed by atoms with Crippen LogP contribution in [0.15, 0.2) is 22.7 Å². The van der Waals surface area contributed by atoms with Crippen LogP contribution in [-0.4, -0.2) is 60.6 Å². The van der Waals surface area contributed by atoms with Gasteiger partial charge in [0.1, 0.15) is 5.75 Å². The number of likely N-dealkylation sites (N-methyl/N-ethyl adjacent to an activating group) is 1. The summed E-state index contributed by atoms with van der Waals surface area (Å²) in [6, 6.07) is 5.42. The third kappa shape index (κ3) is 4.43. The van der Waals surface area contributed by atoms with Gasteiger partial charge in [0.25, 0.3) is 5.91 Å². The first kappa shape index (κ1) is 16.3. The summed E-state index contributed by atoms with van der Waals surface area (Å²) < 4.78 is 6.48. The van der Waals surface area contributed by atoms with Gasteiger partial charge in [0.15, 0.2) is 6.61 Å². The number of aliphatic hydroxyl groups excluding tert-OH is 1. The molecule has 1 aliphatic rings. The van der Waals surface area contributed by atoms with Crippen LogP contribution in [0, 0.1) is 0 Å². The topological polar surface area (TPSA) is 53.0 Å². The average molecular weight is 357 g/mol. The lowest BCUT2D eigenvalue weighted by Gasteiger charge is -2.32. The maximum atomic E-state index is 12.2. The smallest absolute Gasteiger partial charge is 0.260 e. The Hall–Kier alpha value is -1.11. The molecule has 1 atom stereocenters. The van der Waals surface area contributed by atoms with E-state index in [0.29, 0.717) is 11.3 Å². The van der Waals surface area contributed by atoms with E-state index in [1.807, 2.05) is 11.0 Å². The Kier molecular flexibility index (Phi) is 5.61. The molecule has 116 valence electrons. The van der Waals surface area contributed by atoms with Crippen molar-refractivity contribution in [1.82, 2.24) is 9.80 Å². The highest BCUT2D eigenvalue weighted by Gasteiger charge is 2.20. The highest BCUT2D eigenvalue weighted by Crippen LogP contribution is 2.28. The van der Waals surface area contributed by atoms with E-state index in [9.17, 15) is 9.90 Å². The van der Waals surface area contributed by atoms with Gasteiger partial charge in [-0.1, -0.05) is 22.0 Å². The molecule has 1 amide bonds. The van der Waals surface area contributed by atoms with Crippen LogP contribution in [0.25, 0.3) is 0 Å². The second-order valence-electron chi connectivity index (χ2n) is 5.33. The lowest BCUT2D eigenvalue weighted by molar-refractivity contribution is -0.134. The minimum atomic E-state index is -0.633. The van der Waals surface area contributed by atoms with Gasteiger partial charge in [0, 0.05) is 36.2 Å². The van der Waals surface area contributed by atoms with Gasteiger partial charge >= 0.3 is 0 Å². The number of carbonyl (C=O) groups excluding carboxylic acids is 1. The Balaban J connectivity index is 1.96. The number of carbonyl (C=O) groups is 1. The van der Waals surface area contributed by atoms with Crippen LogP contribution in [-0.2, 0) is 4.79 Å². The normalized spacial score (nSPS) is 17.6. The van der Waals surface area contributed by atoms with Crippen molar-refractivity contribution in [3.8, 4) is 5.75 Å². The summed E-state index contributed by atoms with van der Waals surface area (Å²) in [5.41, 5.74) is 0.685. The average Bonchev–Trinajstić information content (AvgIpc) is 2.45. The summed E-state index contributed by atoms with van der Waals surface area (Å²) in [4.78, 5) is 16.2. The van der Waals surface area contributed by atoms with Crippen molar-refractivity contribution in [1.29, 1.82) is 0 Å². The summed E-state index contributed by atoms with van der Waals surface area (Å²) in [6.45, 7) is 4.93. The number of hydrogen-bond donors (Lipinski definition) is 1. The lowest BCUT2D eigenvalue weighted by atomic mass is 10.1. The van der Waals surface area contributed by atoms with E-state index in [1.165, 1.54) is 0 Å². The molecule has 0 aliphatic carbocycles. The van der Waals surface area contributed by atoms with Crippen LogP contribution in [0.1, 0.15) is 18.6 Å². The molecular formula is C15H21BrN2O3. The van der Waals surface area contributed by atoms with Crippen LogP contribution in [0.3, 0.4) is 0 Å². The second-order valence-corrected chi connectivity index (χ2v) is 6.25. The summed E-state index contributed by atoms with van der Waals surface area (Å²) in [6.07, 6.45) is -0.633. The Labute approximate surface area is 133 Å². The molecule has 0 saturated carbocycles. The standard InChI is InChI=1S/C15H21BrN2O3/c1-11(19)13-4-3-12(16)9-14(13)21-10-15(20)18-7-5-17(2)6-8-18/h3-4,9,11,19H,5-8,10H2,1-2H3/t11-/m1/s1. The van der Waals surface area contributed by atoms with E-state index in [2.05, 4.69) is 27.9 Å². The number of rotatable bonds is 4. The zero-order chi connectivity index (χ0) is 15.4. The Morgan fingerprint density at radius 3 is 2.67 bits per heavy atom. The number of benzene rings is 1. The number of nitrogens with zero attached hydrogens (tertiary/aromatic N) is 2. The van der Waals surface area contributed by atoms with Gasteiger partial charge in [-0.2, -0.15) is 0 Å². The fraction of sp³-hybridized carbons (Fsp3) is 0.533. The van der Waals surface area contributed by atoms with E-state index in [-0.39, 0.29) is 12.5 Å². The van der Waals surface area contributed by atoms with Crippen molar-refractivity contribution in [2.75, 3.05) is 39.8 Å². The molecule has 0 radical (unpaired) electrons. The predicted molar refractivity (Wildman–Crippen MR) is 84.3 cm³/mol. The number of ether oxygens (including phenoxy) is 1. The molecule has 0 aromatic heterocycles. The number of aliphatic hydroxyl groups is 1.